The molecule has 8 heteroatoms. The van der Waals surface area contributed by atoms with E-state index in [2.05, 4.69) is 5.32 Å². The van der Waals surface area contributed by atoms with Gasteiger partial charge >= 0.3 is 0 Å². The number of nitrogens with one attached hydrogen (secondary N) is 1. The quantitative estimate of drug-likeness (QED) is 0.519. The van der Waals surface area contributed by atoms with Gasteiger partial charge < -0.3 is 29.0 Å². The highest BCUT2D eigenvalue weighted by molar-refractivity contribution is 6.03. The summed E-state index contributed by atoms with van der Waals surface area (Å²) >= 11 is 0. The number of carbonyl (C=O) groups excluding carboxylic acids is 2. The predicted octanol–water partition coefficient (Wildman–Crippen LogP) is 3.76. The van der Waals surface area contributed by atoms with Gasteiger partial charge in [0.05, 0.1) is 38.4 Å². The molecule has 3 aromatic rings. The Bertz CT molecular complexity index is 1280. The molecule has 2 amide bonds. The highest BCUT2D eigenvalue weighted by Crippen LogP contribution is 2.36. The molecule has 0 radical (unpaired) electrons. The Hall–Kier alpha value is -3.52. The Labute approximate surface area is 211 Å². The van der Waals surface area contributed by atoms with Gasteiger partial charge in [-0.15, -0.1) is 0 Å². The van der Waals surface area contributed by atoms with Crippen molar-refractivity contribution in [3.8, 4) is 11.5 Å². The summed E-state index contributed by atoms with van der Waals surface area (Å²) in [6, 6.07) is 15.3. The van der Waals surface area contributed by atoms with Crippen LogP contribution in [-0.2, 0) is 22.6 Å². The number of fused-ring (bicyclic) bond motifs is 3. The van der Waals surface area contributed by atoms with E-state index in [-0.39, 0.29) is 24.5 Å². The number of aromatic nitrogens is 1. The first-order chi connectivity index (χ1) is 17.4. The molecule has 0 bridgehead atoms. The minimum absolute atomic E-state index is 0.0104. The molecule has 0 saturated carbocycles. The van der Waals surface area contributed by atoms with E-state index < -0.39 is 5.54 Å². The second kappa shape index (κ2) is 9.85. The fourth-order valence-corrected chi connectivity index (χ4v) is 5.21. The summed E-state index contributed by atoms with van der Waals surface area (Å²) in [6.07, 6.45) is 1.93. The third-order valence-corrected chi connectivity index (χ3v) is 7.24. The molecule has 1 fully saturated rings. The van der Waals surface area contributed by atoms with Crippen LogP contribution in [0.2, 0.25) is 0 Å². The number of amides is 2. The van der Waals surface area contributed by atoms with Gasteiger partial charge in [-0.1, -0.05) is 18.2 Å². The lowest BCUT2D eigenvalue weighted by Gasteiger charge is -2.44. The fraction of sp³-hybridized carbons (Fsp3) is 0.429. The normalized spacial score (nSPS) is 21.5. The number of carbonyl (C=O) groups is 2. The van der Waals surface area contributed by atoms with Crippen LogP contribution in [0.1, 0.15) is 42.7 Å². The molecule has 2 aromatic carbocycles. The van der Waals surface area contributed by atoms with Gasteiger partial charge in [-0.2, -0.15) is 0 Å². The topological polar surface area (TPSA) is 82.0 Å². The second-order valence-electron chi connectivity index (χ2n) is 9.59. The molecule has 8 nitrogen and oxygen atoms in total. The van der Waals surface area contributed by atoms with Crippen LogP contribution in [0.5, 0.6) is 11.5 Å². The van der Waals surface area contributed by atoms with E-state index in [1.807, 2.05) is 66.9 Å². The summed E-state index contributed by atoms with van der Waals surface area (Å²) in [5.74, 6) is 1.02. The minimum Gasteiger partial charge on any atom is -0.497 e. The smallest absolute Gasteiger partial charge is 0.271 e. The van der Waals surface area contributed by atoms with E-state index in [9.17, 15) is 9.59 Å². The van der Waals surface area contributed by atoms with E-state index in [0.29, 0.717) is 36.9 Å². The lowest BCUT2D eigenvalue weighted by atomic mass is 9.93. The number of benzene rings is 2. The van der Waals surface area contributed by atoms with Crippen molar-refractivity contribution in [3.05, 3.63) is 59.8 Å². The lowest BCUT2D eigenvalue weighted by Crippen LogP contribution is -2.64. The minimum atomic E-state index is -1.13. The summed E-state index contributed by atoms with van der Waals surface area (Å²) in [5, 5.41) is 4.01. The first kappa shape index (κ1) is 24.2. The first-order valence-corrected chi connectivity index (χ1v) is 12.5. The first-order valence-electron chi connectivity index (χ1n) is 12.5. The molecule has 190 valence electrons. The van der Waals surface area contributed by atoms with Gasteiger partial charge in [0.25, 0.3) is 5.91 Å². The molecular formula is C28H33N3O5. The van der Waals surface area contributed by atoms with Gasteiger partial charge in [0, 0.05) is 30.2 Å². The molecule has 2 atom stereocenters. The number of ether oxygens (including phenoxy) is 3. The van der Waals surface area contributed by atoms with E-state index in [1.165, 1.54) is 0 Å². The molecule has 36 heavy (non-hydrogen) atoms. The SMILES string of the molecule is CCOc1ccccc1CN1C(=O)c2cc3ccc(OC)cc3n2CC1(C)C(=O)NCC1CCCO1. The van der Waals surface area contributed by atoms with Gasteiger partial charge in [-0.05, 0) is 51.0 Å². The van der Waals surface area contributed by atoms with Crippen LogP contribution in [-0.4, -0.2) is 59.8 Å². The van der Waals surface area contributed by atoms with Crippen molar-refractivity contribution in [1.82, 2.24) is 14.8 Å². The largest absolute Gasteiger partial charge is 0.497 e. The van der Waals surface area contributed by atoms with Crippen molar-refractivity contribution in [1.29, 1.82) is 0 Å². The Morgan fingerprint density at radius 1 is 1.22 bits per heavy atom. The Morgan fingerprint density at radius 3 is 2.81 bits per heavy atom. The maximum absolute atomic E-state index is 14.0. The molecule has 5 rings (SSSR count). The van der Waals surface area contributed by atoms with Crippen LogP contribution in [0.25, 0.3) is 10.9 Å². The zero-order valence-electron chi connectivity index (χ0n) is 21.1. The third-order valence-electron chi connectivity index (χ3n) is 7.24. The highest BCUT2D eigenvalue weighted by atomic mass is 16.5. The molecule has 0 spiro atoms. The van der Waals surface area contributed by atoms with Crippen LogP contribution in [0.4, 0.5) is 0 Å². The molecule has 3 heterocycles. The number of hydrogen-bond donors (Lipinski definition) is 1. The number of nitrogens with zero attached hydrogens (tertiary/aromatic N) is 2. The Balaban J connectivity index is 1.55. The van der Waals surface area contributed by atoms with Crippen molar-refractivity contribution in [3.63, 3.8) is 0 Å². The molecule has 1 saturated heterocycles. The van der Waals surface area contributed by atoms with Crippen LogP contribution in [0, 0.1) is 0 Å². The number of para-hydroxylation sites is 1. The zero-order valence-corrected chi connectivity index (χ0v) is 21.1. The van der Waals surface area contributed by atoms with Crippen LogP contribution in [0.3, 0.4) is 0 Å². The molecule has 1 N–H and O–H groups in total. The van der Waals surface area contributed by atoms with E-state index in [1.54, 1.807) is 12.0 Å². The summed E-state index contributed by atoms with van der Waals surface area (Å²) in [4.78, 5) is 29.5. The van der Waals surface area contributed by atoms with Crippen molar-refractivity contribution in [2.45, 2.75) is 51.4 Å². The van der Waals surface area contributed by atoms with Crippen molar-refractivity contribution >= 4 is 22.7 Å². The molecule has 0 aliphatic carbocycles. The van der Waals surface area contributed by atoms with Crippen LogP contribution < -0.4 is 14.8 Å². The highest BCUT2D eigenvalue weighted by Gasteiger charge is 2.48. The van der Waals surface area contributed by atoms with Crippen LogP contribution >= 0.6 is 0 Å². The van der Waals surface area contributed by atoms with E-state index in [0.717, 1.165) is 35.9 Å². The summed E-state index contributed by atoms with van der Waals surface area (Å²) in [6.45, 7) is 6.01. The Kier molecular flexibility index (Phi) is 6.62. The molecular weight excluding hydrogens is 458 g/mol. The second-order valence-corrected chi connectivity index (χ2v) is 9.59. The van der Waals surface area contributed by atoms with Gasteiger partial charge in [-0.25, -0.2) is 0 Å². The van der Waals surface area contributed by atoms with Gasteiger partial charge in [-0.3, -0.25) is 9.59 Å². The van der Waals surface area contributed by atoms with Crippen molar-refractivity contribution in [2.24, 2.45) is 0 Å². The number of hydrogen-bond acceptors (Lipinski definition) is 5. The van der Waals surface area contributed by atoms with Gasteiger partial charge in [0.2, 0.25) is 5.91 Å². The lowest BCUT2D eigenvalue weighted by molar-refractivity contribution is -0.133. The summed E-state index contributed by atoms with van der Waals surface area (Å²) < 4.78 is 18.9. The summed E-state index contributed by atoms with van der Waals surface area (Å²) in [7, 11) is 1.62. The Morgan fingerprint density at radius 2 is 2.06 bits per heavy atom. The molecule has 2 aliphatic heterocycles. The van der Waals surface area contributed by atoms with Crippen LogP contribution in [0.15, 0.2) is 48.5 Å². The monoisotopic (exact) mass is 491 g/mol. The van der Waals surface area contributed by atoms with Crippen molar-refractivity contribution < 1.29 is 23.8 Å². The average molecular weight is 492 g/mol. The molecule has 2 unspecified atom stereocenters. The maximum Gasteiger partial charge on any atom is 0.271 e. The van der Waals surface area contributed by atoms with E-state index in [4.69, 9.17) is 14.2 Å². The van der Waals surface area contributed by atoms with Crippen molar-refractivity contribution in [2.75, 3.05) is 26.9 Å². The number of rotatable bonds is 8. The molecule has 2 aliphatic rings. The average Bonchev–Trinajstić information content (AvgIpc) is 3.54. The van der Waals surface area contributed by atoms with E-state index >= 15 is 0 Å². The zero-order chi connectivity index (χ0) is 25.3. The predicted molar refractivity (Wildman–Crippen MR) is 136 cm³/mol. The van der Waals surface area contributed by atoms with Gasteiger partial charge in [0.1, 0.15) is 22.7 Å². The summed E-state index contributed by atoms with van der Waals surface area (Å²) in [5.41, 5.74) is 1.15. The fourth-order valence-electron chi connectivity index (χ4n) is 5.21. The maximum atomic E-state index is 14.0. The third kappa shape index (κ3) is 4.30. The molecule has 1 aromatic heterocycles. The standard InChI is InChI=1S/C28H33N3O5/c1-4-35-25-10-6-5-8-20(25)17-31-26(32)24-14-19-11-12-21(34-3)15-23(19)30(24)18-28(31,2)27(33)29-16-22-9-7-13-36-22/h5-6,8,10-12,14-15,22H,4,7,9,13,16-18H2,1-3H3,(H,29,33). The van der Waals surface area contributed by atoms with Gasteiger partial charge in [0.15, 0.2) is 0 Å². The number of methoxy groups -OCH3 is 1.